The summed E-state index contributed by atoms with van der Waals surface area (Å²) in [5.74, 6) is -0.676. The fourth-order valence-electron chi connectivity index (χ4n) is 5.81. The van der Waals surface area contributed by atoms with Crippen LogP contribution in [0.15, 0.2) is 121 Å². The van der Waals surface area contributed by atoms with Crippen molar-refractivity contribution in [1.82, 2.24) is 5.32 Å². The van der Waals surface area contributed by atoms with E-state index in [0.29, 0.717) is 17.9 Å². The number of ketones is 1. The van der Waals surface area contributed by atoms with Crippen LogP contribution in [0.2, 0.25) is 0 Å². The Morgan fingerprint density at radius 2 is 1.29 bits per heavy atom. The van der Waals surface area contributed by atoms with Crippen LogP contribution < -0.4 is 15.8 Å². The highest BCUT2D eigenvalue weighted by Gasteiger charge is 2.31. The van der Waals surface area contributed by atoms with Gasteiger partial charge in [0.1, 0.15) is 31.6 Å². The van der Waals surface area contributed by atoms with Crippen LogP contribution in [0.4, 0.5) is 10.5 Å². The first-order valence-electron chi connectivity index (χ1n) is 15.8. The molecule has 8 heteroatoms. The molecule has 0 heterocycles. The van der Waals surface area contributed by atoms with E-state index >= 15 is 0 Å². The Labute approximate surface area is 279 Å². The highest BCUT2D eigenvalue weighted by molar-refractivity contribution is 6.03. The molecule has 0 bridgehead atoms. The topological polar surface area (TPSA) is 117 Å². The number of hydrogen-bond acceptors (Lipinski definition) is 7. The largest absolute Gasteiger partial charge is 0.489 e. The number of nitrogens with two attached hydrogens (primary N) is 1. The number of rotatable bonds is 12. The number of amides is 1. The number of nitrogens with one attached hydrogen (secondary N) is 1. The van der Waals surface area contributed by atoms with E-state index in [4.69, 9.17) is 19.9 Å². The second kappa shape index (κ2) is 14.7. The number of fused-ring (bicyclic) bond motifs is 3. The van der Waals surface area contributed by atoms with Crippen molar-refractivity contribution in [3.05, 3.63) is 155 Å². The number of para-hydroxylation sites is 1. The molecule has 5 aromatic rings. The maximum absolute atomic E-state index is 13.3. The van der Waals surface area contributed by atoms with Gasteiger partial charge in [-0.1, -0.05) is 103 Å². The summed E-state index contributed by atoms with van der Waals surface area (Å²) in [5, 5.41) is 2.57. The monoisotopic (exact) mass is 640 g/mol. The zero-order valence-electron chi connectivity index (χ0n) is 26.6. The van der Waals surface area contributed by atoms with Crippen molar-refractivity contribution in [1.29, 1.82) is 0 Å². The number of carbonyl (C=O) groups excluding carboxylic acids is 3. The van der Waals surface area contributed by atoms with Gasteiger partial charge >= 0.3 is 12.1 Å². The maximum atomic E-state index is 13.3. The predicted molar refractivity (Wildman–Crippen MR) is 184 cm³/mol. The fourth-order valence-corrected chi connectivity index (χ4v) is 5.81. The van der Waals surface area contributed by atoms with Gasteiger partial charge in [0.2, 0.25) is 0 Å². The summed E-state index contributed by atoms with van der Waals surface area (Å²) < 4.78 is 17.1. The summed E-state index contributed by atoms with van der Waals surface area (Å²) in [4.78, 5) is 39.7. The highest BCUT2D eigenvalue weighted by atomic mass is 16.6. The summed E-state index contributed by atoms with van der Waals surface area (Å²) in [6.07, 6.45) is -1.19. The standard InChI is InChI=1S/C40H36N2O6/c1-26-14-16-27(17-15-26)23-46-29-20-18-28(19-21-29)24-47-39(44)37(22-38(43)34-12-6-7-13-36(34)41)42-40(45)48-25-35-32-10-4-2-8-30(32)31-9-3-5-11-33(31)35/h2-21,35,37H,22-25,41H2,1H3,(H,42,45)/t37-/m0/s1. The molecule has 0 radical (unpaired) electrons. The van der Waals surface area contributed by atoms with Crippen molar-refractivity contribution in [2.75, 3.05) is 12.3 Å². The van der Waals surface area contributed by atoms with Gasteiger partial charge in [0.25, 0.3) is 0 Å². The number of Topliss-reactive ketones (excluding diaryl/α,β-unsaturated/α-hetero) is 1. The molecule has 48 heavy (non-hydrogen) atoms. The first-order chi connectivity index (χ1) is 23.4. The number of carbonyl (C=O) groups is 3. The maximum Gasteiger partial charge on any atom is 0.407 e. The van der Waals surface area contributed by atoms with Crippen LogP contribution in [0, 0.1) is 6.92 Å². The van der Waals surface area contributed by atoms with Crippen LogP contribution in [0.3, 0.4) is 0 Å². The number of hydrogen-bond donors (Lipinski definition) is 2. The van der Waals surface area contributed by atoms with Crippen LogP contribution in [-0.2, 0) is 27.5 Å². The van der Waals surface area contributed by atoms with E-state index in [1.54, 1.807) is 48.5 Å². The lowest BCUT2D eigenvalue weighted by atomic mass is 9.98. The molecule has 6 rings (SSSR count). The molecule has 0 saturated carbocycles. The van der Waals surface area contributed by atoms with Crippen molar-refractivity contribution in [2.45, 2.75) is 38.5 Å². The summed E-state index contributed by atoms with van der Waals surface area (Å²) in [6.45, 7) is 2.45. The molecule has 1 amide bonds. The van der Waals surface area contributed by atoms with Crippen LogP contribution in [-0.4, -0.2) is 30.5 Å². The van der Waals surface area contributed by atoms with E-state index in [2.05, 4.69) is 5.32 Å². The number of esters is 1. The van der Waals surface area contributed by atoms with E-state index in [0.717, 1.165) is 27.8 Å². The van der Waals surface area contributed by atoms with Gasteiger partial charge in [-0.05, 0) is 64.6 Å². The third-order valence-electron chi connectivity index (χ3n) is 8.40. The van der Waals surface area contributed by atoms with Gasteiger partial charge in [-0.2, -0.15) is 0 Å². The quantitative estimate of drug-likeness (QED) is 0.0830. The predicted octanol–water partition coefficient (Wildman–Crippen LogP) is 7.38. The number of ether oxygens (including phenoxy) is 3. The minimum atomic E-state index is -1.30. The number of benzene rings is 5. The van der Waals surface area contributed by atoms with E-state index in [1.807, 2.05) is 79.7 Å². The zero-order chi connectivity index (χ0) is 33.5. The number of aryl methyl sites for hydroxylation is 1. The Morgan fingerprint density at radius 1 is 0.708 bits per heavy atom. The Bertz CT molecular complexity index is 1870. The lowest BCUT2D eigenvalue weighted by molar-refractivity contribution is -0.147. The molecule has 1 aliphatic rings. The third-order valence-corrected chi connectivity index (χ3v) is 8.40. The molecular weight excluding hydrogens is 604 g/mol. The minimum Gasteiger partial charge on any atom is -0.489 e. The summed E-state index contributed by atoms with van der Waals surface area (Å²) in [5.41, 5.74) is 13.8. The van der Waals surface area contributed by atoms with Gasteiger partial charge < -0.3 is 25.3 Å². The van der Waals surface area contributed by atoms with Gasteiger partial charge in [0, 0.05) is 23.6 Å². The molecule has 0 spiro atoms. The molecule has 0 fully saturated rings. The number of nitrogen functional groups attached to an aromatic ring is 1. The van der Waals surface area contributed by atoms with Gasteiger partial charge in [-0.15, -0.1) is 0 Å². The van der Waals surface area contributed by atoms with Gasteiger partial charge in [-0.3, -0.25) is 4.79 Å². The fraction of sp³-hybridized carbons (Fsp3) is 0.175. The van der Waals surface area contributed by atoms with Gasteiger partial charge in [0.15, 0.2) is 5.78 Å². The van der Waals surface area contributed by atoms with Crippen LogP contribution in [0.25, 0.3) is 11.1 Å². The average molecular weight is 641 g/mol. The van der Waals surface area contributed by atoms with Crippen molar-refractivity contribution < 1.29 is 28.6 Å². The molecule has 3 N–H and O–H groups in total. The summed E-state index contributed by atoms with van der Waals surface area (Å²) >= 11 is 0. The van der Waals surface area contributed by atoms with Crippen molar-refractivity contribution in [2.24, 2.45) is 0 Å². The van der Waals surface area contributed by atoms with E-state index in [1.165, 1.54) is 5.56 Å². The van der Waals surface area contributed by atoms with Gasteiger partial charge in [-0.25, -0.2) is 9.59 Å². The Hall–Kier alpha value is -5.89. The Balaban J connectivity index is 1.09. The zero-order valence-corrected chi connectivity index (χ0v) is 26.6. The molecule has 0 aromatic heterocycles. The third kappa shape index (κ3) is 7.56. The molecule has 5 aromatic carbocycles. The van der Waals surface area contributed by atoms with Crippen LogP contribution in [0.1, 0.15) is 50.5 Å². The van der Waals surface area contributed by atoms with E-state index in [9.17, 15) is 14.4 Å². The van der Waals surface area contributed by atoms with Crippen LogP contribution in [0.5, 0.6) is 5.75 Å². The Kier molecular flexibility index (Phi) is 9.81. The summed E-state index contributed by atoms with van der Waals surface area (Å²) in [7, 11) is 0. The van der Waals surface area contributed by atoms with Gasteiger partial charge in [0.05, 0.1) is 0 Å². The van der Waals surface area contributed by atoms with Crippen molar-refractivity contribution in [3.63, 3.8) is 0 Å². The molecule has 1 atom stereocenters. The smallest absolute Gasteiger partial charge is 0.407 e. The van der Waals surface area contributed by atoms with E-state index in [-0.39, 0.29) is 36.8 Å². The Morgan fingerprint density at radius 3 is 1.96 bits per heavy atom. The number of anilines is 1. The second-order valence-corrected chi connectivity index (χ2v) is 11.8. The summed E-state index contributed by atoms with van der Waals surface area (Å²) in [6, 6.07) is 36.6. The molecule has 242 valence electrons. The lowest BCUT2D eigenvalue weighted by Crippen LogP contribution is -2.43. The number of alkyl carbamates (subject to hydrolysis) is 1. The molecule has 1 aliphatic carbocycles. The first-order valence-corrected chi connectivity index (χ1v) is 15.8. The van der Waals surface area contributed by atoms with Crippen LogP contribution >= 0.6 is 0 Å². The van der Waals surface area contributed by atoms with E-state index < -0.39 is 23.9 Å². The molecule has 0 aliphatic heterocycles. The highest BCUT2D eigenvalue weighted by Crippen LogP contribution is 2.44. The lowest BCUT2D eigenvalue weighted by Gasteiger charge is -2.19. The molecule has 0 saturated heterocycles. The minimum absolute atomic E-state index is 0.0551. The molecule has 8 nitrogen and oxygen atoms in total. The SMILES string of the molecule is Cc1ccc(COc2ccc(COC(=O)[C@H](CC(=O)c3ccccc3N)NC(=O)OCC3c4ccccc4-c4ccccc43)cc2)cc1. The first kappa shape index (κ1) is 32.1. The normalized spacial score (nSPS) is 12.4. The van der Waals surface area contributed by atoms with Crippen molar-refractivity contribution >= 4 is 23.5 Å². The second-order valence-electron chi connectivity index (χ2n) is 11.8. The molecule has 0 unspecified atom stereocenters. The van der Waals surface area contributed by atoms with Crippen molar-refractivity contribution in [3.8, 4) is 16.9 Å². The average Bonchev–Trinajstić information content (AvgIpc) is 3.43. The molecular formula is C40H36N2O6.